The van der Waals surface area contributed by atoms with E-state index in [9.17, 15) is 19.7 Å². The lowest BCUT2D eigenvalue weighted by atomic mass is 10.0. The molecule has 1 amide bonds. The topological polar surface area (TPSA) is 116 Å². The van der Waals surface area contributed by atoms with Gasteiger partial charge in [0.1, 0.15) is 5.15 Å². The molecule has 0 aliphatic heterocycles. The van der Waals surface area contributed by atoms with Gasteiger partial charge in [0.15, 0.2) is 0 Å². The SMILES string of the molecule is Cc1nn(C)c(Cl)c1/C=C/C(=O)NC(CC(=O)OC(C)C)c1ccccc1[N+](=O)[O-]. The highest BCUT2D eigenvalue weighted by molar-refractivity contribution is 6.31. The minimum atomic E-state index is -0.944. The van der Waals surface area contributed by atoms with Crippen molar-refractivity contribution in [3.63, 3.8) is 0 Å². The van der Waals surface area contributed by atoms with Crippen molar-refractivity contribution < 1.29 is 19.2 Å². The summed E-state index contributed by atoms with van der Waals surface area (Å²) in [4.78, 5) is 35.5. The van der Waals surface area contributed by atoms with E-state index in [1.165, 1.54) is 35.0 Å². The van der Waals surface area contributed by atoms with Gasteiger partial charge in [0.25, 0.3) is 5.69 Å². The van der Waals surface area contributed by atoms with Crippen LogP contribution in [0.15, 0.2) is 30.3 Å². The van der Waals surface area contributed by atoms with Gasteiger partial charge < -0.3 is 10.1 Å². The Kier molecular flexibility index (Phi) is 7.71. The number of hydrogen-bond donors (Lipinski definition) is 1. The zero-order chi connectivity index (χ0) is 22.4. The molecule has 1 N–H and O–H groups in total. The maximum Gasteiger partial charge on any atom is 0.308 e. The molecule has 0 bridgehead atoms. The average molecular weight is 435 g/mol. The van der Waals surface area contributed by atoms with Crippen molar-refractivity contribution in [1.29, 1.82) is 0 Å². The summed E-state index contributed by atoms with van der Waals surface area (Å²) >= 11 is 6.15. The van der Waals surface area contributed by atoms with Gasteiger partial charge in [-0.05, 0) is 26.8 Å². The van der Waals surface area contributed by atoms with Crippen molar-refractivity contribution in [2.24, 2.45) is 7.05 Å². The highest BCUT2D eigenvalue weighted by Crippen LogP contribution is 2.28. The van der Waals surface area contributed by atoms with Crippen LogP contribution in [0, 0.1) is 17.0 Å². The minimum Gasteiger partial charge on any atom is -0.463 e. The molecule has 0 radical (unpaired) electrons. The second-order valence-electron chi connectivity index (χ2n) is 6.87. The molecule has 1 aromatic carbocycles. The first-order valence-electron chi connectivity index (χ1n) is 9.20. The van der Waals surface area contributed by atoms with Gasteiger partial charge in [-0.25, -0.2) is 0 Å². The number of nitro groups is 1. The van der Waals surface area contributed by atoms with Crippen LogP contribution in [0.1, 0.15) is 43.1 Å². The van der Waals surface area contributed by atoms with Crippen molar-refractivity contribution >= 4 is 35.2 Å². The van der Waals surface area contributed by atoms with Gasteiger partial charge in [-0.2, -0.15) is 5.10 Å². The van der Waals surface area contributed by atoms with E-state index in [0.29, 0.717) is 16.4 Å². The van der Waals surface area contributed by atoms with Crippen LogP contribution in [0.5, 0.6) is 0 Å². The molecule has 160 valence electrons. The summed E-state index contributed by atoms with van der Waals surface area (Å²) in [6.45, 7) is 5.14. The normalized spacial score (nSPS) is 12.2. The number of nitrogens with one attached hydrogen (secondary N) is 1. The maximum absolute atomic E-state index is 12.5. The van der Waals surface area contributed by atoms with Crippen LogP contribution in [-0.2, 0) is 21.4 Å². The molecule has 0 saturated carbocycles. The molecule has 30 heavy (non-hydrogen) atoms. The van der Waals surface area contributed by atoms with Crippen molar-refractivity contribution in [3.05, 3.63) is 62.4 Å². The number of halogens is 1. The van der Waals surface area contributed by atoms with Gasteiger partial charge in [0.2, 0.25) is 5.91 Å². The number of nitro benzene ring substituents is 1. The fraction of sp³-hybridized carbons (Fsp3) is 0.350. The van der Waals surface area contributed by atoms with E-state index in [1.807, 2.05) is 0 Å². The molecule has 1 heterocycles. The predicted octanol–water partition coefficient (Wildman–Crippen LogP) is 3.50. The number of aromatic nitrogens is 2. The van der Waals surface area contributed by atoms with Crippen molar-refractivity contribution in [2.45, 2.75) is 39.3 Å². The summed E-state index contributed by atoms with van der Waals surface area (Å²) < 4.78 is 6.62. The van der Waals surface area contributed by atoms with Crippen molar-refractivity contribution in [2.75, 3.05) is 0 Å². The molecule has 0 aliphatic rings. The lowest BCUT2D eigenvalue weighted by molar-refractivity contribution is -0.385. The molecule has 0 aliphatic carbocycles. The molecule has 2 aromatic rings. The third-order valence-corrected chi connectivity index (χ3v) is 4.61. The number of para-hydroxylation sites is 1. The Hall–Kier alpha value is -3.20. The molecule has 0 spiro atoms. The third-order valence-electron chi connectivity index (χ3n) is 4.16. The first-order chi connectivity index (χ1) is 14.1. The fourth-order valence-corrected chi connectivity index (χ4v) is 3.12. The largest absolute Gasteiger partial charge is 0.463 e. The summed E-state index contributed by atoms with van der Waals surface area (Å²) in [5, 5.41) is 18.6. The van der Waals surface area contributed by atoms with Crippen LogP contribution in [0.2, 0.25) is 5.15 Å². The van der Waals surface area contributed by atoms with Crippen molar-refractivity contribution in [1.82, 2.24) is 15.1 Å². The lowest BCUT2D eigenvalue weighted by Crippen LogP contribution is -2.30. The van der Waals surface area contributed by atoms with Crippen LogP contribution >= 0.6 is 11.6 Å². The van der Waals surface area contributed by atoms with Crippen LogP contribution in [0.25, 0.3) is 6.08 Å². The van der Waals surface area contributed by atoms with E-state index in [2.05, 4.69) is 10.4 Å². The molecule has 1 unspecified atom stereocenters. The van der Waals surface area contributed by atoms with E-state index in [-0.39, 0.29) is 23.8 Å². The summed E-state index contributed by atoms with van der Waals surface area (Å²) in [7, 11) is 1.68. The monoisotopic (exact) mass is 434 g/mol. The average Bonchev–Trinajstić information content (AvgIpc) is 2.90. The van der Waals surface area contributed by atoms with Crippen LogP contribution < -0.4 is 5.32 Å². The molecule has 1 atom stereocenters. The first-order valence-corrected chi connectivity index (χ1v) is 9.58. The molecule has 2 rings (SSSR count). The number of nitrogens with zero attached hydrogens (tertiary/aromatic N) is 3. The van der Waals surface area contributed by atoms with Crippen LogP contribution in [0.4, 0.5) is 5.69 Å². The quantitative estimate of drug-likeness (QED) is 0.294. The Balaban J connectivity index is 2.28. The Morgan fingerprint density at radius 2 is 2.03 bits per heavy atom. The van der Waals surface area contributed by atoms with E-state index in [0.717, 1.165) is 0 Å². The molecular formula is C20H23ClN4O5. The number of carbonyl (C=O) groups is 2. The second kappa shape index (κ2) is 10.0. The van der Waals surface area contributed by atoms with Gasteiger partial charge in [0, 0.05) is 24.8 Å². The molecule has 9 nitrogen and oxygen atoms in total. The van der Waals surface area contributed by atoms with Gasteiger partial charge in [0.05, 0.1) is 34.7 Å². The molecule has 1 aromatic heterocycles. The maximum atomic E-state index is 12.5. The number of hydrogen-bond acceptors (Lipinski definition) is 6. The van der Waals surface area contributed by atoms with E-state index in [1.54, 1.807) is 33.9 Å². The van der Waals surface area contributed by atoms with Crippen molar-refractivity contribution in [3.8, 4) is 0 Å². The van der Waals surface area contributed by atoms with Crippen LogP contribution in [-0.4, -0.2) is 32.7 Å². The number of amides is 1. The van der Waals surface area contributed by atoms with E-state index in [4.69, 9.17) is 16.3 Å². The highest BCUT2D eigenvalue weighted by Gasteiger charge is 2.26. The van der Waals surface area contributed by atoms with Gasteiger partial charge in [-0.15, -0.1) is 0 Å². The summed E-state index contributed by atoms with van der Waals surface area (Å²) in [5.74, 6) is -1.13. The zero-order valence-electron chi connectivity index (χ0n) is 17.1. The minimum absolute atomic E-state index is 0.199. The molecule has 0 saturated heterocycles. The number of aryl methyl sites for hydroxylation is 2. The Bertz CT molecular complexity index is 984. The summed E-state index contributed by atoms with van der Waals surface area (Å²) in [5.41, 5.74) is 1.23. The Morgan fingerprint density at radius 3 is 2.60 bits per heavy atom. The van der Waals surface area contributed by atoms with Crippen LogP contribution in [0.3, 0.4) is 0 Å². The second-order valence-corrected chi connectivity index (χ2v) is 7.22. The zero-order valence-corrected chi connectivity index (χ0v) is 17.8. The number of rotatable bonds is 8. The smallest absolute Gasteiger partial charge is 0.308 e. The number of ether oxygens (including phenoxy) is 1. The fourth-order valence-electron chi connectivity index (χ4n) is 2.88. The Morgan fingerprint density at radius 1 is 1.37 bits per heavy atom. The summed E-state index contributed by atoms with van der Waals surface area (Å²) in [6, 6.07) is 4.98. The van der Waals surface area contributed by atoms with Gasteiger partial charge in [-0.1, -0.05) is 29.8 Å². The molecule has 10 heteroatoms. The third kappa shape index (κ3) is 5.90. The van der Waals surface area contributed by atoms with E-state index < -0.39 is 22.8 Å². The Labute approximate surface area is 178 Å². The first kappa shape index (κ1) is 23.1. The molecular weight excluding hydrogens is 412 g/mol. The summed E-state index contributed by atoms with van der Waals surface area (Å²) in [6.07, 6.45) is 2.14. The predicted molar refractivity (Wildman–Crippen MR) is 112 cm³/mol. The number of carbonyl (C=O) groups excluding carboxylic acids is 2. The standard InChI is InChI=1S/C20H23ClN4O5/c1-12(2)30-19(27)11-16(15-7-5-6-8-17(15)25(28)29)22-18(26)10-9-14-13(3)23-24(4)20(14)21/h5-10,12,16H,11H2,1-4H3,(H,22,26)/b10-9+. The lowest BCUT2D eigenvalue weighted by Gasteiger charge is -2.18. The molecule has 0 fully saturated rings. The number of benzene rings is 1. The van der Waals surface area contributed by atoms with Gasteiger partial charge >= 0.3 is 5.97 Å². The van der Waals surface area contributed by atoms with E-state index >= 15 is 0 Å². The number of esters is 1. The highest BCUT2D eigenvalue weighted by atomic mass is 35.5. The van der Waals surface area contributed by atoms with Gasteiger partial charge in [-0.3, -0.25) is 24.4 Å².